The van der Waals surface area contributed by atoms with Gasteiger partial charge in [0.15, 0.2) is 0 Å². The summed E-state index contributed by atoms with van der Waals surface area (Å²) in [6.45, 7) is 0. The number of aliphatic carboxylic acids is 1. The smallest absolute Gasteiger partial charge is 0.305 e. The summed E-state index contributed by atoms with van der Waals surface area (Å²) in [4.78, 5) is 22.0. The van der Waals surface area contributed by atoms with Gasteiger partial charge in [0.05, 0.1) is 18.2 Å². The number of rotatable bonds is 4. The fraction of sp³-hybridized carbons (Fsp3) is 0.200. The van der Waals surface area contributed by atoms with Crippen LogP contribution in [-0.2, 0) is 9.59 Å². The maximum Gasteiger partial charge on any atom is 0.305 e. The molecule has 6 nitrogen and oxygen atoms in total. The highest BCUT2D eigenvalue weighted by Crippen LogP contribution is 2.10. The predicted octanol–water partition coefficient (Wildman–Crippen LogP) is -0.305. The van der Waals surface area contributed by atoms with Crippen LogP contribution in [0, 0.1) is 0 Å². The number of carbonyl (C=O) groups excluding carboxylic acids is 1. The van der Waals surface area contributed by atoms with Crippen LogP contribution in [0.15, 0.2) is 30.3 Å². The first-order chi connectivity index (χ1) is 7.52. The molecule has 0 heterocycles. The molecular formula is C10H13N3O3. The van der Waals surface area contributed by atoms with Gasteiger partial charge in [0.2, 0.25) is 0 Å². The number of benzene rings is 1. The van der Waals surface area contributed by atoms with E-state index in [2.05, 4.69) is 0 Å². The average Bonchev–Trinajstić information content (AvgIpc) is 2.27. The summed E-state index contributed by atoms with van der Waals surface area (Å²) >= 11 is 0. The Hall–Kier alpha value is -1.92. The van der Waals surface area contributed by atoms with Gasteiger partial charge in [-0.2, -0.15) is 0 Å². The first-order valence-corrected chi connectivity index (χ1v) is 4.63. The van der Waals surface area contributed by atoms with Crippen molar-refractivity contribution in [3.8, 4) is 0 Å². The third-order valence-corrected chi connectivity index (χ3v) is 1.98. The monoisotopic (exact) mass is 223 g/mol. The van der Waals surface area contributed by atoms with E-state index in [0.717, 1.165) is 5.01 Å². The molecule has 0 radical (unpaired) electrons. The summed E-state index contributed by atoms with van der Waals surface area (Å²) in [6.07, 6.45) is -0.445. The minimum absolute atomic E-state index is 0.445. The lowest BCUT2D eigenvalue weighted by Crippen LogP contribution is -2.48. The van der Waals surface area contributed by atoms with Crippen molar-refractivity contribution in [2.24, 2.45) is 11.6 Å². The number of anilines is 1. The third kappa shape index (κ3) is 3.04. The highest BCUT2D eigenvalue weighted by atomic mass is 16.4. The molecule has 86 valence electrons. The van der Waals surface area contributed by atoms with Gasteiger partial charge in [-0.1, -0.05) is 18.2 Å². The van der Waals surface area contributed by atoms with Crippen molar-refractivity contribution in [1.29, 1.82) is 0 Å². The van der Waals surface area contributed by atoms with Gasteiger partial charge in [-0.05, 0) is 12.1 Å². The third-order valence-electron chi connectivity index (χ3n) is 1.98. The number of hydrazine groups is 1. The van der Waals surface area contributed by atoms with Crippen molar-refractivity contribution in [1.82, 2.24) is 0 Å². The van der Waals surface area contributed by atoms with E-state index < -0.39 is 24.3 Å². The minimum atomic E-state index is -1.14. The molecule has 0 saturated carbocycles. The topological polar surface area (TPSA) is 110 Å². The molecule has 16 heavy (non-hydrogen) atoms. The Bertz CT molecular complexity index is 380. The molecule has 0 fully saturated rings. The van der Waals surface area contributed by atoms with E-state index >= 15 is 0 Å². The summed E-state index contributed by atoms with van der Waals surface area (Å²) in [5.41, 5.74) is 5.87. The molecule has 0 aliphatic carbocycles. The van der Waals surface area contributed by atoms with Gasteiger partial charge in [0.1, 0.15) is 0 Å². The van der Waals surface area contributed by atoms with Crippen molar-refractivity contribution in [2.75, 3.05) is 5.01 Å². The lowest BCUT2D eigenvalue weighted by molar-refractivity contribution is -0.139. The number of para-hydroxylation sites is 1. The summed E-state index contributed by atoms with van der Waals surface area (Å²) in [5, 5.41) is 9.35. The van der Waals surface area contributed by atoms with Gasteiger partial charge < -0.3 is 10.8 Å². The molecule has 0 unspecified atom stereocenters. The molecule has 0 bridgehead atoms. The molecule has 0 aliphatic rings. The van der Waals surface area contributed by atoms with Gasteiger partial charge in [-0.25, -0.2) is 10.9 Å². The molecule has 0 aromatic heterocycles. The summed E-state index contributed by atoms with van der Waals surface area (Å²) in [5.74, 6) is 3.76. The van der Waals surface area contributed by atoms with Crippen molar-refractivity contribution >= 4 is 17.6 Å². The number of nitrogens with two attached hydrogens (primary N) is 2. The fourth-order valence-electron chi connectivity index (χ4n) is 1.17. The van der Waals surface area contributed by atoms with Crippen LogP contribution in [0.3, 0.4) is 0 Å². The second-order valence-corrected chi connectivity index (χ2v) is 3.25. The zero-order valence-corrected chi connectivity index (χ0v) is 8.54. The molecule has 1 amide bonds. The van der Waals surface area contributed by atoms with Gasteiger partial charge in [-0.3, -0.25) is 9.59 Å². The number of hydrogen-bond acceptors (Lipinski definition) is 4. The maximum absolute atomic E-state index is 11.6. The van der Waals surface area contributed by atoms with Crippen LogP contribution in [0.5, 0.6) is 0 Å². The highest BCUT2D eigenvalue weighted by Gasteiger charge is 2.22. The van der Waals surface area contributed by atoms with Gasteiger partial charge in [-0.15, -0.1) is 0 Å². The molecule has 6 heteroatoms. The Balaban J connectivity index is 2.71. The van der Waals surface area contributed by atoms with Crippen LogP contribution < -0.4 is 16.6 Å². The average molecular weight is 223 g/mol. The van der Waals surface area contributed by atoms with E-state index in [9.17, 15) is 9.59 Å². The largest absolute Gasteiger partial charge is 0.481 e. The van der Waals surface area contributed by atoms with Gasteiger partial charge in [0, 0.05) is 0 Å². The Morgan fingerprint density at radius 3 is 2.38 bits per heavy atom. The highest BCUT2D eigenvalue weighted by molar-refractivity contribution is 5.97. The van der Waals surface area contributed by atoms with E-state index in [1.54, 1.807) is 30.3 Å². The van der Waals surface area contributed by atoms with E-state index in [4.69, 9.17) is 16.7 Å². The molecular weight excluding hydrogens is 210 g/mol. The van der Waals surface area contributed by atoms with E-state index in [1.165, 1.54) is 0 Å². The van der Waals surface area contributed by atoms with Crippen LogP contribution in [-0.4, -0.2) is 23.0 Å². The summed E-state index contributed by atoms with van der Waals surface area (Å²) in [7, 11) is 0. The SMILES string of the molecule is N[C@@H](CC(=O)O)C(=O)N(N)c1ccccc1. The summed E-state index contributed by atoms with van der Waals surface area (Å²) in [6, 6.07) is 7.33. The second-order valence-electron chi connectivity index (χ2n) is 3.25. The molecule has 1 rings (SSSR count). The van der Waals surface area contributed by atoms with E-state index in [0.29, 0.717) is 5.69 Å². The second kappa shape index (κ2) is 5.24. The van der Waals surface area contributed by atoms with Gasteiger partial charge >= 0.3 is 5.97 Å². The lowest BCUT2D eigenvalue weighted by Gasteiger charge is -2.19. The maximum atomic E-state index is 11.6. The molecule has 5 N–H and O–H groups in total. The quantitative estimate of drug-likeness (QED) is 0.368. The van der Waals surface area contributed by atoms with Crippen molar-refractivity contribution in [3.63, 3.8) is 0 Å². The van der Waals surface area contributed by atoms with Crippen LogP contribution in [0.2, 0.25) is 0 Å². The minimum Gasteiger partial charge on any atom is -0.481 e. The van der Waals surface area contributed by atoms with Crippen LogP contribution >= 0.6 is 0 Å². The molecule has 0 saturated heterocycles. The Morgan fingerprint density at radius 1 is 1.31 bits per heavy atom. The normalized spacial score (nSPS) is 11.9. The van der Waals surface area contributed by atoms with Crippen LogP contribution in [0.4, 0.5) is 5.69 Å². The lowest BCUT2D eigenvalue weighted by atomic mass is 10.2. The predicted molar refractivity (Wildman–Crippen MR) is 58.3 cm³/mol. The van der Waals surface area contributed by atoms with Crippen LogP contribution in [0.25, 0.3) is 0 Å². The Labute approximate surface area is 92.4 Å². The van der Waals surface area contributed by atoms with E-state index in [-0.39, 0.29) is 0 Å². The molecule has 0 spiro atoms. The number of carbonyl (C=O) groups is 2. The molecule has 0 aliphatic heterocycles. The molecule has 1 atom stereocenters. The molecule has 1 aromatic rings. The number of carboxylic acid groups (broad SMARTS) is 1. The van der Waals surface area contributed by atoms with Gasteiger partial charge in [0.25, 0.3) is 5.91 Å². The zero-order valence-electron chi connectivity index (χ0n) is 8.54. The zero-order chi connectivity index (χ0) is 12.1. The van der Waals surface area contributed by atoms with E-state index in [1.807, 2.05) is 0 Å². The van der Waals surface area contributed by atoms with Crippen molar-refractivity contribution < 1.29 is 14.7 Å². The number of amides is 1. The Morgan fingerprint density at radius 2 is 1.88 bits per heavy atom. The van der Waals surface area contributed by atoms with Crippen molar-refractivity contribution in [3.05, 3.63) is 30.3 Å². The fourth-order valence-corrected chi connectivity index (χ4v) is 1.17. The Kier molecular flexibility index (Phi) is 3.98. The number of nitrogens with zero attached hydrogens (tertiary/aromatic N) is 1. The number of carboxylic acids is 1. The van der Waals surface area contributed by atoms with Crippen LogP contribution in [0.1, 0.15) is 6.42 Å². The molecule has 1 aromatic carbocycles. The van der Waals surface area contributed by atoms with Crippen molar-refractivity contribution in [2.45, 2.75) is 12.5 Å². The first kappa shape index (κ1) is 12.2. The first-order valence-electron chi connectivity index (χ1n) is 4.63. The summed E-state index contributed by atoms with van der Waals surface area (Å²) < 4.78 is 0. The standard InChI is InChI=1S/C10H13N3O3/c11-8(6-9(14)15)10(16)13(12)7-4-2-1-3-5-7/h1-5,8H,6,11-12H2,(H,14,15)/t8-/m0/s1. The number of hydrogen-bond donors (Lipinski definition) is 3.